The van der Waals surface area contributed by atoms with Crippen LogP contribution in [0.1, 0.15) is 51.6 Å². The van der Waals surface area contributed by atoms with Crippen molar-refractivity contribution in [2.24, 2.45) is 11.7 Å². The first kappa shape index (κ1) is 20.8. The zero-order valence-electron chi connectivity index (χ0n) is 15.2. The molecule has 0 saturated heterocycles. The van der Waals surface area contributed by atoms with Gasteiger partial charge in [0.05, 0.1) is 18.6 Å². The van der Waals surface area contributed by atoms with Gasteiger partial charge in [-0.1, -0.05) is 57.0 Å². The van der Waals surface area contributed by atoms with Gasteiger partial charge in [-0.2, -0.15) is 0 Å². The van der Waals surface area contributed by atoms with E-state index < -0.39 is 17.7 Å². The van der Waals surface area contributed by atoms with Crippen LogP contribution in [0.4, 0.5) is 0 Å². The lowest BCUT2D eigenvalue weighted by Crippen LogP contribution is -2.46. The Balaban J connectivity index is 2.39. The summed E-state index contributed by atoms with van der Waals surface area (Å²) in [6, 6.07) is 8.48. The number of ketones is 1. The summed E-state index contributed by atoms with van der Waals surface area (Å²) in [5.74, 6) is -1.55. The summed E-state index contributed by atoms with van der Waals surface area (Å²) in [6.07, 6.45) is 2.44. The van der Waals surface area contributed by atoms with Gasteiger partial charge in [-0.3, -0.25) is 14.4 Å². The second kappa shape index (κ2) is 10.6. The number of rotatable bonds is 10. The predicted molar refractivity (Wildman–Crippen MR) is 97.7 cm³/mol. The van der Waals surface area contributed by atoms with Crippen molar-refractivity contribution >= 4 is 17.6 Å². The summed E-state index contributed by atoms with van der Waals surface area (Å²) < 4.78 is 0. The van der Waals surface area contributed by atoms with Crippen molar-refractivity contribution in [1.29, 1.82) is 0 Å². The van der Waals surface area contributed by atoms with Crippen LogP contribution in [-0.4, -0.2) is 30.2 Å². The zero-order valence-corrected chi connectivity index (χ0v) is 15.2. The van der Waals surface area contributed by atoms with Gasteiger partial charge in [0, 0.05) is 0 Å². The molecule has 0 spiro atoms. The number of benzene rings is 1. The molecule has 0 heterocycles. The lowest BCUT2D eigenvalue weighted by molar-refractivity contribution is -0.139. The van der Waals surface area contributed by atoms with Gasteiger partial charge >= 0.3 is 0 Å². The van der Waals surface area contributed by atoms with Crippen LogP contribution in [0.2, 0.25) is 0 Å². The fraction of sp³-hybridized carbons (Fsp3) is 0.526. The number of nitrogens with one attached hydrogen (secondary N) is 2. The molecule has 6 nitrogen and oxygen atoms in total. The van der Waals surface area contributed by atoms with Crippen molar-refractivity contribution in [3.8, 4) is 0 Å². The Morgan fingerprint density at radius 2 is 1.76 bits per heavy atom. The lowest BCUT2D eigenvalue weighted by Gasteiger charge is -2.16. The first-order valence-corrected chi connectivity index (χ1v) is 8.77. The number of Topliss-reactive ketones (excluding diaryl/α,β-unsaturated/α-hetero) is 1. The third-order valence-corrected chi connectivity index (χ3v) is 4.08. The minimum absolute atomic E-state index is 0.182. The van der Waals surface area contributed by atoms with Gasteiger partial charge in [0.1, 0.15) is 0 Å². The first-order chi connectivity index (χ1) is 11.8. The van der Waals surface area contributed by atoms with E-state index in [1.165, 1.54) is 0 Å². The van der Waals surface area contributed by atoms with E-state index in [9.17, 15) is 14.4 Å². The predicted octanol–water partition coefficient (Wildman–Crippen LogP) is 1.70. The van der Waals surface area contributed by atoms with Crippen molar-refractivity contribution in [3.05, 3.63) is 35.9 Å². The number of hydrogen-bond donors (Lipinski definition) is 3. The average Bonchev–Trinajstić information content (AvgIpc) is 2.59. The Labute approximate surface area is 149 Å². The molecule has 3 unspecified atom stereocenters. The monoisotopic (exact) mass is 347 g/mol. The molecule has 1 rings (SSSR count). The van der Waals surface area contributed by atoms with E-state index in [-0.39, 0.29) is 24.4 Å². The fourth-order valence-electron chi connectivity index (χ4n) is 2.68. The van der Waals surface area contributed by atoms with Gasteiger partial charge < -0.3 is 16.4 Å². The molecule has 2 amide bonds. The van der Waals surface area contributed by atoms with E-state index in [1.807, 2.05) is 44.2 Å². The van der Waals surface area contributed by atoms with E-state index in [1.54, 1.807) is 0 Å². The van der Waals surface area contributed by atoms with Gasteiger partial charge in [-0.05, 0) is 24.8 Å². The molecule has 0 aromatic heterocycles. The molecule has 138 valence electrons. The van der Waals surface area contributed by atoms with Crippen LogP contribution in [0.3, 0.4) is 0 Å². The maximum Gasteiger partial charge on any atom is 0.289 e. The minimum atomic E-state index is -0.826. The molecule has 6 heteroatoms. The molecule has 0 aliphatic heterocycles. The molecule has 0 bridgehead atoms. The fourth-order valence-corrected chi connectivity index (χ4v) is 2.68. The van der Waals surface area contributed by atoms with Crippen LogP contribution in [-0.2, 0) is 14.4 Å². The zero-order chi connectivity index (χ0) is 18.8. The summed E-state index contributed by atoms with van der Waals surface area (Å²) in [7, 11) is 0. The Kier molecular flexibility index (Phi) is 8.84. The van der Waals surface area contributed by atoms with Crippen molar-refractivity contribution in [2.45, 2.75) is 52.1 Å². The van der Waals surface area contributed by atoms with Crippen molar-refractivity contribution in [3.63, 3.8) is 0 Å². The highest BCUT2D eigenvalue weighted by atomic mass is 16.2. The molecule has 1 aromatic carbocycles. The minimum Gasteiger partial charge on any atom is -0.348 e. The van der Waals surface area contributed by atoms with Crippen LogP contribution in [0.25, 0.3) is 0 Å². The second-order valence-electron chi connectivity index (χ2n) is 6.48. The third kappa shape index (κ3) is 7.47. The molecule has 0 aliphatic rings. The number of amides is 2. The Morgan fingerprint density at radius 1 is 1.12 bits per heavy atom. The average molecular weight is 347 g/mol. The van der Waals surface area contributed by atoms with E-state index >= 15 is 0 Å². The SMILES string of the molecule is CCCC(C)CC(N)C(=O)C(=O)NCC(=O)NC(C)c1ccccc1. The maximum atomic E-state index is 12.0. The molecule has 0 fully saturated rings. The van der Waals surface area contributed by atoms with Gasteiger partial charge in [0.15, 0.2) is 0 Å². The van der Waals surface area contributed by atoms with Crippen LogP contribution in [0.15, 0.2) is 30.3 Å². The van der Waals surface area contributed by atoms with E-state index in [2.05, 4.69) is 17.6 Å². The van der Waals surface area contributed by atoms with Crippen molar-refractivity contribution < 1.29 is 14.4 Å². The smallest absolute Gasteiger partial charge is 0.289 e. The molecule has 4 N–H and O–H groups in total. The molecule has 0 aliphatic carbocycles. The summed E-state index contributed by atoms with van der Waals surface area (Å²) in [5.41, 5.74) is 6.76. The van der Waals surface area contributed by atoms with E-state index in [0.717, 1.165) is 18.4 Å². The molecule has 3 atom stereocenters. The first-order valence-electron chi connectivity index (χ1n) is 8.77. The highest BCUT2D eigenvalue weighted by Gasteiger charge is 2.23. The normalized spacial score (nSPS) is 14.2. The summed E-state index contributed by atoms with van der Waals surface area (Å²) in [5, 5.41) is 5.12. The van der Waals surface area contributed by atoms with Crippen molar-refractivity contribution in [1.82, 2.24) is 10.6 Å². The molecular weight excluding hydrogens is 318 g/mol. The van der Waals surface area contributed by atoms with Crippen molar-refractivity contribution in [2.75, 3.05) is 6.54 Å². The summed E-state index contributed by atoms with van der Waals surface area (Å²) in [4.78, 5) is 35.8. The lowest BCUT2D eigenvalue weighted by atomic mass is 9.95. The molecule has 0 saturated carbocycles. The maximum absolute atomic E-state index is 12.0. The van der Waals surface area contributed by atoms with Gasteiger partial charge in [-0.15, -0.1) is 0 Å². The number of carbonyl (C=O) groups is 3. The largest absolute Gasteiger partial charge is 0.348 e. The molecule has 1 aromatic rings. The second-order valence-corrected chi connectivity index (χ2v) is 6.48. The number of nitrogens with two attached hydrogens (primary N) is 1. The van der Waals surface area contributed by atoms with Crippen LogP contribution < -0.4 is 16.4 Å². The standard InChI is InChI=1S/C19H29N3O3/c1-4-8-13(2)11-16(20)18(24)19(25)21-12-17(23)22-14(3)15-9-6-5-7-10-15/h5-7,9-10,13-14,16H,4,8,11-12,20H2,1-3H3,(H,21,25)(H,22,23). The van der Waals surface area contributed by atoms with E-state index in [0.29, 0.717) is 6.42 Å². The molecule has 0 radical (unpaired) electrons. The van der Waals surface area contributed by atoms with Gasteiger partial charge in [-0.25, -0.2) is 0 Å². The Morgan fingerprint density at radius 3 is 2.36 bits per heavy atom. The highest BCUT2D eigenvalue weighted by Crippen LogP contribution is 2.12. The third-order valence-electron chi connectivity index (χ3n) is 4.08. The van der Waals surface area contributed by atoms with Gasteiger partial charge in [0.25, 0.3) is 5.91 Å². The topological polar surface area (TPSA) is 101 Å². The van der Waals surface area contributed by atoms with Crippen LogP contribution in [0.5, 0.6) is 0 Å². The Hall–Kier alpha value is -2.21. The summed E-state index contributed by atoms with van der Waals surface area (Å²) >= 11 is 0. The number of hydrogen-bond acceptors (Lipinski definition) is 4. The van der Waals surface area contributed by atoms with E-state index in [4.69, 9.17) is 5.73 Å². The number of carbonyl (C=O) groups excluding carboxylic acids is 3. The quantitative estimate of drug-likeness (QED) is 0.561. The molecular formula is C19H29N3O3. The van der Waals surface area contributed by atoms with Crippen LogP contribution >= 0.6 is 0 Å². The Bertz CT molecular complexity index is 575. The highest BCUT2D eigenvalue weighted by molar-refractivity contribution is 6.38. The summed E-state index contributed by atoms with van der Waals surface area (Å²) in [6.45, 7) is 5.67. The van der Waals surface area contributed by atoms with Crippen LogP contribution in [0, 0.1) is 5.92 Å². The van der Waals surface area contributed by atoms with Gasteiger partial charge in [0.2, 0.25) is 11.7 Å². The molecule has 25 heavy (non-hydrogen) atoms.